The molecular formula is C24H27N3O6. The van der Waals surface area contributed by atoms with Crippen LogP contribution in [-0.2, 0) is 9.53 Å². The molecule has 1 saturated heterocycles. The van der Waals surface area contributed by atoms with Crippen LogP contribution >= 0.6 is 0 Å². The average Bonchev–Trinajstić information content (AvgIpc) is 2.83. The van der Waals surface area contributed by atoms with Crippen molar-refractivity contribution in [3.8, 4) is 5.75 Å². The molecular weight excluding hydrogens is 426 g/mol. The molecule has 174 valence electrons. The fraction of sp³-hybridized carbons (Fsp3) is 0.417. The van der Waals surface area contributed by atoms with Crippen LogP contribution in [0.4, 0.5) is 11.4 Å². The number of esters is 1. The molecule has 2 aromatic carbocycles. The maximum Gasteiger partial charge on any atom is 0.338 e. The lowest BCUT2D eigenvalue weighted by Crippen LogP contribution is -2.35. The van der Waals surface area contributed by atoms with Gasteiger partial charge in [0.2, 0.25) is 0 Å². The second-order valence-corrected chi connectivity index (χ2v) is 8.50. The number of carbonyl (C=O) groups is 2. The van der Waals surface area contributed by atoms with Crippen LogP contribution in [0.2, 0.25) is 0 Å². The Morgan fingerprint density at radius 1 is 1.18 bits per heavy atom. The highest BCUT2D eigenvalue weighted by molar-refractivity contribution is 5.93. The fourth-order valence-electron chi connectivity index (χ4n) is 4.26. The van der Waals surface area contributed by atoms with Gasteiger partial charge in [0, 0.05) is 31.1 Å². The molecule has 0 saturated carbocycles. The smallest absolute Gasteiger partial charge is 0.338 e. The summed E-state index contributed by atoms with van der Waals surface area (Å²) in [6.45, 7) is 3.65. The van der Waals surface area contributed by atoms with Gasteiger partial charge in [0.05, 0.1) is 23.1 Å². The quantitative estimate of drug-likeness (QED) is 0.404. The standard InChI is InChI=1S/C24H27N3O6/c1-16-8-11-26(12-9-16)20-7-6-17(14-21(20)27(30)31)24(29)33-15-23(28)25-19-10-13-32-22-5-3-2-4-18(19)22/h2-7,14,16,19H,8-13,15H2,1H3,(H,25,28). The molecule has 4 rings (SSSR count). The van der Waals surface area contributed by atoms with Crippen LogP contribution in [0, 0.1) is 16.0 Å². The average molecular weight is 453 g/mol. The van der Waals surface area contributed by atoms with Crippen LogP contribution in [0.15, 0.2) is 42.5 Å². The predicted molar refractivity (Wildman–Crippen MR) is 121 cm³/mol. The van der Waals surface area contributed by atoms with E-state index in [9.17, 15) is 19.7 Å². The lowest BCUT2D eigenvalue weighted by atomic mass is 9.98. The summed E-state index contributed by atoms with van der Waals surface area (Å²) in [5.74, 6) is 0.0926. The summed E-state index contributed by atoms with van der Waals surface area (Å²) < 4.78 is 10.7. The SMILES string of the molecule is CC1CCN(c2ccc(C(=O)OCC(=O)NC3CCOc4ccccc43)cc2[N+](=O)[O-])CC1. The minimum absolute atomic E-state index is 0.0417. The highest BCUT2D eigenvalue weighted by Gasteiger charge is 2.26. The van der Waals surface area contributed by atoms with Gasteiger partial charge in [0.15, 0.2) is 6.61 Å². The number of amides is 1. The zero-order valence-corrected chi connectivity index (χ0v) is 18.5. The molecule has 2 aliphatic rings. The molecule has 1 unspecified atom stereocenters. The molecule has 2 aliphatic heterocycles. The first-order valence-corrected chi connectivity index (χ1v) is 11.1. The summed E-state index contributed by atoms with van der Waals surface area (Å²) in [5.41, 5.74) is 1.28. The van der Waals surface area contributed by atoms with E-state index in [-0.39, 0.29) is 17.3 Å². The van der Waals surface area contributed by atoms with Crippen LogP contribution in [0.5, 0.6) is 5.75 Å². The number of hydrogen-bond donors (Lipinski definition) is 1. The Bertz CT molecular complexity index is 1050. The molecule has 0 radical (unpaired) electrons. The van der Waals surface area contributed by atoms with E-state index in [1.165, 1.54) is 12.1 Å². The Hall–Kier alpha value is -3.62. The van der Waals surface area contributed by atoms with Crippen molar-refractivity contribution >= 4 is 23.3 Å². The van der Waals surface area contributed by atoms with Gasteiger partial charge < -0.3 is 19.7 Å². The molecule has 0 aliphatic carbocycles. The Labute approximate surface area is 191 Å². The van der Waals surface area contributed by atoms with Gasteiger partial charge in [-0.2, -0.15) is 0 Å². The second kappa shape index (κ2) is 9.89. The number of para-hydroxylation sites is 1. The topological polar surface area (TPSA) is 111 Å². The number of hydrogen-bond acceptors (Lipinski definition) is 7. The molecule has 0 spiro atoms. The number of anilines is 1. The Morgan fingerprint density at radius 3 is 2.70 bits per heavy atom. The molecule has 9 heteroatoms. The van der Waals surface area contributed by atoms with E-state index in [1.807, 2.05) is 29.2 Å². The van der Waals surface area contributed by atoms with Gasteiger partial charge in [0.1, 0.15) is 11.4 Å². The third-order valence-electron chi connectivity index (χ3n) is 6.16. The maximum atomic E-state index is 12.5. The number of piperidine rings is 1. The van der Waals surface area contributed by atoms with Crippen LogP contribution in [0.1, 0.15) is 48.1 Å². The van der Waals surface area contributed by atoms with E-state index in [0.717, 1.165) is 37.2 Å². The van der Waals surface area contributed by atoms with Gasteiger partial charge in [-0.05, 0) is 37.0 Å². The van der Waals surface area contributed by atoms with Crippen LogP contribution in [0.3, 0.4) is 0 Å². The number of nitro benzene ring substituents is 1. The van der Waals surface area contributed by atoms with Gasteiger partial charge in [-0.1, -0.05) is 25.1 Å². The summed E-state index contributed by atoms with van der Waals surface area (Å²) >= 11 is 0. The third-order valence-corrected chi connectivity index (χ3v) is 6.16. The lowest BCUT2D eigenvalue weighted by molar-refractivity contribution is -0.384. The number of nitrogens with one attached hydrogen (secondary N) is 1. The van der Waals surface area contributed by atoms with Gasteiger partial charge in [0.25, 0.3) is 11.6 Å². The molecule has 0 bridgehead atoms. The number of nitro groups is 1. The number of rotatable bonds is 6. The highest BCUT2D eigenvalue weighted by Crippen LogP contribution is 2.33. The van der Waals surface area contributed by atoms with E-state index in [1.54, 1.807) is 6.07 Å². The predicted octanol–water partition coefficient (Wildman–Crippen LogP) is 3.63. The number of nitrogens with zero attached hydrogens (tertiary/aromatic N) is 2. The fourth-order valence-corrected chi connectivity index (χ4v) is 4.26. The Morgan fingerprint density at radius 2 is 1.94 bits per heavy atom. The Kier molecular flexibility index (Phi) is 6.76. The molecule has 9 nitrogen and oxygen atoms in total. The normalized spacial score (nSPS) is 18.1. The molecule has 0 aromatic heterocycles. The molecule has 1 fully saturated rings. The second-order valence-electron chi connectivity index (χ2n) is 8.50. The summed E-state index contributed by atoms with van der Waals surface area (Å²) in [7, 11) is 0. The molecule has 1 N–H and O–H groups in total. The van der Waals surface area contributed by atoms with E-state index in [4.69, 9.17) is 9.47 Å². The first-order valence-electron chi connectivity index (χ1n) is 11.1. The van der Waals surface area contributed by atoms with E-state index in [0.29, 0.717) is 24.6 Å². The van der Waals surface area contributed by atoms with Crippen molar-refractivity contribution in [1.82, 2.24) is 5.32 Å². The first kappa shape index (κ1) is 22.6. The van der Waals surface area contributed by atoms with Crippen molar-refractivity contribution < 1.29 is 24.0 Å². The Balaban J connectivity index is 1.38. The van der Waals surface area contributed by atoms with Crippen LogP contribution < -0.4 is 15.0 Å². The maximum absolute atomic E-state index is 12.5. The number of ether oxygens (including phenoxy) is 2. The zero-order valence-electron chi connectivity index (χ0n) is 18.5. The highest BCUT2D eigenvalue weighted by atomic mass is 16.6. The molecule has 33 heavy (non-hydrogen) atoms. The summed E-state index contributed by atoms with van der Waals surface area (Å²) in [6.07, 6.45) is 2.54. The first-order chi connectivity index (χ1) is 15.9. The van der Waals surface area contributed by atoms with Gasteiger partial charge in [-0.25, -0.2) is 4.79 Å². The van der Waals surface area contributed by atoms with Crippen molar-refractivity contribution in [2.75, 3.05) is 31.2 Å². The minimum Gasteiger partial charge on any atom is -0.493 e. The van der Waals surface area contributed by atoms with Crippen LogP contribution in [0.25, 0.3) is 0 Å². The van der Waals surface area contributed by atoms with Crippen molar-refractivity contribution in [3.63, 3.8) is 0 Å². The van der Waals surface area contributed by atoms with Crippen molar-refractivity contribution in [2.45, 2.75) is 32.2 Å². The van der Waals surface area contributed by atoms with Gasteiger partial charge >= 0.3 is 5.97 Å². The molecule has 2 aromatic rings. The molecule has 2 heterocycles. The molecule has 1 atom stereocenters. The van der Waals surface area contributed by atoms with Crippen LogP contribution in [-0.4, -0.2) is 43.1 Å². The van der Waals surface area contributed by atoms with Gasteiger partial charge in [-0.15, -0.1) is 0 Å². The zero-order chi connectivity index (χ0) is 23.4. The van der Waals surface area contributed by atoms with E-state index in [2.05, 4.69) is 12.2 Å². The summed E-state index contributed by atoms with van der Waals surface area (Å²) in [6, 6.07) is 11.5. The summed E-state index contributed by atoms with van der Waals surface area (Å²) in [4.78, 5) is 38.0. The largest absolute Gasteiger partial charge is 0.493 e. The summed E-state index contributed by atoms with van der Waals surface area (Å²) in [5, 5.41) is 14.5. The number of benzene rings is 2. The van der Waals surface area contributed by atoms with Crippen molar-refractivity contribution in [1.29, 1.82) is 0 Å². The lowest BCUT2D eigenvalue weighted by Gasteiger charge is -2.31. The van der Waals surface area contributed by atoms with Crippen molar-refractivity contribution in [2.24, 2.45) is 5.92 Å². The number of carbonyl (C=O) groups excluding carboxylic acids is 2. The van der Waals surface area contributed by atoms with E-state index < -0.39 is 23.4 Å². The van der Waals surface area contributed by atoms with Crippen molar-refractivity contribution in [3.05, 3.63) is 63.7 Å². The minimum atomic E-state index is -0.778. The third kappa shape index (κ3) is 5.24. The number of fused-ring (bicyclic) bond motifs is 1. The molecule has 1 amide bonds. The van der Waals surface area contributed by atoms with Gasteiger partial charge in [-0.3, -0.25) is 14.9 Å². The van der Waals surface area contributed by atoms with E-state index >= 15 is 0 Å². The monoisotopic (exact) mass is 453 g/mol.